The van der Waals surface area contributed by atoms with Crippen molar-refractivity contribution in [2.24, 2.45) is 5.73 Å². The Bertz CT molecular complexity index is 2460. The van der Waals surface area contributed by atoms with E-state index in [0.717, 1.165) is 17.9 Å². The maximum Gasteiger partial charge on any atom is 0.0586 e. The highest BCUT2D eigenvalue weighted by atomic mass is 32.3. The van der Waals surface area contributed by atoms with E-state index in [9.17, 15) is 0 Å². The van der Waals surface area contributed by atoms with Crippen LogP contribution in [0.5, 0.6) is 0 Å². The second-order valence-electron chi connectivity index (χ2n) is 15.4. The van der Waals surface area contributed by atoms with Crippen molar-refractivity contribution in [3.63, 3.8) is 0 Å². The summed E-state index contributed by atoms with van der Waals surface area (Å²) in [6.07, 6.45) is 9.82. The van der Waals surface area contributed by atoms with Crippen LogP contribution in [0.1, 0.15) is 77.6 Å². The van der Waals surface area contributed by atoms with Gasteiger partial charge in [-0.05, 0) is 119 Å². The first kappa shape index (κ1) is 42.3. The van der Waals surface area contributed by atoms with Crippen LogP contribution in [-0.2, 0) is 11.8 Å². The molecule has 1 aliphatic carbocycles. The van der Waals surface area contributed by atoms with Crippen molar-refractivity contribution in [2.45, 2.75) is 77.0 Å². The predicted octanol–water partition coefficient (Wildman–Crippen LogP) is 15.6. The summed E-state index contributed by atoms with van der Waals surface area (Å²) >= 11 is 0. The molecule has 0 aromatic heterocycles. The third-order valence-corrected chi connectivity index (χ3v) is 16.1. The fourth-order valence-electron chi connectivity index (χ4n) is 9.00. The molecule has 0 saturated heterocycles. The maximum atomic E-state index is 4.50. The minimum absolute atomic E-state index is 0.0877. The van der Waals surface area contributed by atoms with Crippen LogP contribution in [0.2, 0.25) is 0 Å². The number of fused-ring (bicyclic) bond motifs is 4. The van der Waals surface area contributed by atoms with Gasteiger partial charge in [0, 0.05) is 20.6 Å². The Kier molecular flexibility index (Phi) is 13.2. The molecule has 0 spiro atoms. The number of anilines is 3. The smallest absolute Gasteiger partial charge is 0.0586 e. The van der Waals surface area contributed by atoms with Crippen LogP contribution in [-0.4, -0.2) is 18.6 Å². The lowest BCUT2D eigenvalue weighted by Crippen LogP contribution is -2.27. The predicted molar refractivity (Wildman–Crippen MR) is 259 cm³/mol. The standard InChI is InChI=1S/C52H51NS.C2H6.CH5N/c1-8-39-35-41-30-27-38(34-46(41)52(6,7)45(39)33-36(4)5)24-23-37-25-28-40(29-26-37)42-31-32-47(44-18-12-11-17-43(42)44)53-48-19-13-15-21-50(48)54(9-2,10-3)51-22-16-14-20-49(51)53;2*1-2/h8,11-34H,1,9-10,35H2,2-7H3;1-2H3;2H2,1H3/b24-23+;;. The summed E-state index contributed by atoms with van der Waals surface area (Å²) in [4.78, 5) is 5.52. The van der Waals surface area contributed by atoms with E-state index in [1.807, 2.05) is 19.9 Å². The van der Waals surface area contributed by atoms with Gasteiger partial charge < -0.3 is 10.6 Å². The number of nitrogens with zero attached hydrogens (tertiary/aromatic N) is 1. The van der Waals surface area contributed by atoms with Crippen LogP contribution in [0.15, 0.2) is 173 Å². The van der Waals surface area contributed by atoms with Gasteiger partial charge >= 0.3 is 0 Å². The Labute approximate surface area is 350 Å². The van der Waals surface area contributed by atoms with E-state index in [0.29, 0.717) is 0 Å². The van der Waals surface area contributed by atoms with Gasteiger partial charge in [0.25, 0.3) is 0 Å². The maximum absolute atomic E-state index is 4.50. The molecule has 0 saturated carbocycles. The first-order valence-electron chi connectivity index (χ1n) is 21.0. The third-order valence-electron chi connectivity index (χ3n) is 11.8. The van der Waals surface area contributed by atoms with Gasteiger partial charge in [0.2, 0.25) is 0 Å². The Morgan fingerprint density at radius 2 is 1.24 bits per heavy atom. The number of benzene rings is 6. The van der Waals surface area contributed by atoms with Crippen LogP contribution >= 0.6 is 10.0 Å². The molecule has 0 atom stereocenters. The van der Waals surface area contributed by atoms with Crippen molar-refractivity contribution < 1.29 is 0 Å². The molecule has 2 N–H and O–H groups in total. The Morgan fingerprint density at radius 1 is 0.690 bits per heavy atom. The molecular formula is C55H62N2S. The molecular weight excluding hydrogens is 721 g/mol. The van der Waals surface area contributed by atoms with Crippen molar-refractivity contribution in [2.75, 3.05) is 23.5 Å². The lowest BCUT2D eigenvalue weighted by Gasteiger charge is -2.48. The van der Waals surface area contributed by atoms with E-state index in [1.165, 1.54) is 94.8 Å². The first-order chi connectivity index (χ1) is 28.2. The number of nitrogens with two attached hydrogens (primary N) is 1. The van der Waals surface area contributed by atoms with Crippen LogP contribution in [0.3, 0.4) is 0 Å². The van der Waals surface area contributed by atoms with Crippen molar-refractivity contribution in [3.05, 3.63) is 185 Å². The van der Waals surface area contributed by atoms with Crippen molar-refractivity contribution in [1.29, 1.82) is 0 Å². The second kappa shape index (κ2) is 18.1. The van der Waals surface area contributed by atoms with Gasteiger partial charge in [-0.1, -0.05) is 175 Å². The summed E-state index contributed by atoms with van der Waals surface area (Å²) in [6.45, 7) is 22.0. The summed E-state index contributed by atoms with van der Waals surface area (Å²) in [7, 11) is 0.363. The lowest BCUT2D eigenvalue weighted by molar-refractivity contribution is 0.609. The average molecular weight is 783 g/mol. The van der Waals surface area contributed by atoms with Crippen LogP contribution in [0.4, 0.5) is 17.1 Å². The fraction of sp³-hybridized carbons (Fsp3) is 0.236. The zero-order chi connectivity index (χ0) is 41.6. The lowest BCUT2D eigenvalue weighted by atomic mass is 9.68. The summed E-state index contributed by atoms with van der Waals surface area (Å²) < 4.78 is 0. The summed E-state index contributed by atoms with van der Waals surface area (Å²) in [6, 6.07) is 47.9. The molecule has 0 fully saturated rings. The van der Waals surface area contributed by atoms with Crippen molar-refractivity contribution in [3.8, 4) is 11.1 Å². The molecule has 1 aliphatic heterocycles. The summed E-state index contributed by atoms with van der Waals surface area (Å²) in [5.41, 5.74) is 20.0. The molecule has 8 rings (SSSR count). The molecule has 6 aromatic carbocycles. The van der Waals surface area contributed by atoms with E-state index in [1.54, 1.807) is 0 Å². The highest BCUT2D eigenvalue weighted by molar-refractivity contribution is 8.34. The number of para-hydroxylation sites is 2. The van der Waals surface area contributed by atoms with E-state index < -0.39 is 10.0 Å². The summed E-state index contributed by atoms with van der Waals surface area (Å²) in [5, 5.41) is 2.53. The molecule has 6 aromatic rings. The molecule has 0 bridgehead atoms. The number of rotatable bonds is 8. The molecule has 1 heterocycles. The fourth-order valence-corrected chi connectivity index (χ4v) is 12.7. The molecule has 2 aliphatic rings. The number of hydrogen-bond acceptors (Lipinski definition) is 2. The normalized spacial score (nSPS) is 15.2. The molecule has 298 valence electrons. The molecule has 0 radical (unpaired) electrons. The van der Waals surface area contributed by atoms with Gasteiger partial charge in [0.05, 0.1) is 17.1 Å². The zero-order valence-electron chi connectivity index (χ0n) is 36.2. The molecule has 58 heavy (non-hydrogen) atoms. The first-order valence-corrected chi connectivity index (χ1v) is 23.0. The number of allylic oxidation sites excluding steroid dienone is 5. The van der Waals surface area contributed by atoms with Crippen LogP contribution < -0.4 is 10.6 Å². The van der Waals surface area contributed by atoms with Gasteiger partial charge in [-0.3, -0.25) is 0 Å². The third kappa shape index (κ3) is 7.54. The Hall–Kier alpha value is -5.35. The van der Waals surface area contributed by atoms with E-state index in [2.05, 4.69) is 204 Å². The quantitative estimate of drug-likeness (QED) is 0.156. The largest absolute Gasteiger partial charge is 0.333 e. The highest BCUT2D eigenvalue weighted by Crippen LogP contribution is 2.71. The van der Waals surface area contributed by atoms with E-state index in [-0.39, 0.29) is 5.41 Å². The minimum atomic E-state index is -1.14. The topological polar surface area (TPSA) is 29.3 Å². The molecule has 0 unspecified atom stereocenters. The van der Waals surface area contributed by atoms with Gasteiger partial charge in [-0.25, -0.2) is 0 Å². The van der Waals surface area contributed by atoms with E-state index in [4.69, 9.17) is 0 Å². The van der Waals surface area contributed by atoms with Gasteiger partial charge in [-0.15, -0.1) is 0 Å². The zero-order valence-corrected chi connectivity index (χ0v) is 37.0. The molecule has 0 amide bonds. The van der Waals surface area contributed by atoms with Crippen LogP contribution in [0.25, 0.3) is 34.1 Å². The average Bonchev–Trinajstić information content (AvgIpc) is 3.27. The van der Waals surface area contributed by atoms with Gasteiger partial charge in [-0.2, -0.15) is 10.0 Å². The molecule has 2 nitrogen and oxygen atoms in total. The SMILES string of the molecule is C=CC1=C(C=C(C)C)C(C)(C)c2cc(/C=C/c3ccc(-c4ccc(N5c6ccccc6S(CC)(CC)c6ccccc65)c5ccccc45)cc3)ccc2C1.CC.CN. The van der Waals surface area contributed by atoms with Crippen molar-refractivity contribution >= 4 is 50.0 Å². The van der Waals surface area contributed by atoms with Crippen molar-refractivity contribution in [1.82, 2.24) is 0 Å². The van der Waals surface area contributed by atoms with Crippen LogP contribution in [0, 0.1) is 0 Å². The second-order valence-corrected chi connectivity index (χ2v) is 19.2. The van der Waals surface area contributed by atoms with Gasteiger partial charge in [0.15, 0.2) is 0 Å². The summed E-state index contributed by atoms with van der Waals surface area (Å²) in [5.74, 6) is 2.29. The monoisotopic (exact) mass is 782 g/mol. The highest BCUT2D eigenvalue weighted by Gasteiger charge is 2.38. The minimum Gasteiger partial charge on any atom is -0.333 e. The number of hydrogen-bond donors (Lipinski definition) is 1. The Balaban J connectivity index is 0.00000138. The molecule has 3 heteroatoms. The Morgan fingerprint density at radius 3 is 1.83 bits per heavy atom. The van der Waals surface area contributed by atoms with E-state index >= 15 is 0 Å². The van der Waals surface area contributed by atoms with Gasteiger partial charge in [0.1, 0.15) is 0 Å².